The Kier molecular flexibility index (Phi) is 3.98. The summed E-state index contributed by atoms with van der Waals surface area (Å²) in [5.41, 5.74) is 0. The zero-order valence-electron chi connectivity index (χ0n) is 4.55. The maximum atomic E-state index is 7.97. The summed E-state index contributed by atoms with van der Waals surface area (Å²) >= 11 is 0. The van der Waals surface area contributed by atoms with Crippen molar-refractivity contribution < 1.29 is 14.9 Å². The number of aliphatic hydroxyl groups is 1. The van der Waals surface area contributed by atoms with Gasteiger partial charge in [-0.15, -0.1) is 0 Å². The molecular formula is C4H10O3. The Morgan fingerprint density at radius 3 is 2.29 bits per heavy atom. The van der Waals surface area contributed by atoms with E-state index in [0.717, 1.165) is 0 Å². The lowest BCUT2D eigenvalue weighted by molar-refractivity contribution is -0.347. The van der Waals surface area contributed by atoms with Gasteiger partial charge in [0.1, 0.15) is 0 Å². The van der Waals surface area contributed by atoms with Gasteiger partial charge in [-0.1, -0.05) is 0 Å². The van der Waals surface area contributed by atoms with Crippen LogP contribution >= 0.6 is 0 Å². The second-order valence-corrected chi connectivity index (χ2v) is 1.39. The highest BCUT2D eigenvalue weighted by molar-refractivity contribution is 4.25. The number of hydrogen-bond acceptors (Lipinski definition) is 3. The maximum Gasteiger partial charge on any atom is 0.178 e. The van der Waals surface area contributed by atoms with Crippen molar-refractivity contribution in [1.82, 2.24) is 0 Å². The van der Waals surface area contributed by atoms with E-state index in [1.807, 2.05) is 13.8 Å². The van der Waals surface area contributed by atoms with Crippen LogP contribution in [0, 0.1) is 0 Å². The van der Waals surface area contributed by atoms with Gasteiger partial charge in [0.05, 0.1) is 6.10 Å². The molecule has 0 unspecified atom stereocenters. The first kappa shape index (κ1) is 6.88. The molecule has 1 N–H and O–H groups in total. The van der Waals surface area contributed by atoms with Gasteiger partial charge in [-0.3, -0.25) is 0 Å². The Labute approximate surface area is 42.8 Å². The lowest BCUT2D eigenvalue weighted by atomic mass is 10.5. The zero-order chi connectivity index (χ0) is 5.70. The molecule has 0 rings (SSSR count). The van der Waals surface area contributed by atoms with Gasteiger partial charge < -0.3 is 5.11 Å². The molecule has 0 fully saturated rings. The van der Waals surface area contributed by atoms with E-state index in [1.54, 1.807) is 0 Å². The van der Waals surface area contributed by atoms with Crippen molar-refractivity contribution in [2.24, 2.45) is 0 Å². The summed E-state index contributed by atoms with van der Waals surface area (Å²) < 4.78 is 0. The second kappa shape index (κ2) is 4.05. The van der Waals surface area contributed by atoms with Crippen molar-refractivity contribution in [3.8, 4) is 0 Å². The minimum atomic E-state index is -0.377. The number of aliphatic hydroxyl groups excluding tert-OH is 1. The second-order valence-electron chi connectivity index (χ2n) is 1.39. The summed E-state index contributed by atoms with van der Waals surface area (Å²) in [7, 11) is 0. The van der Waals surface area contributed by atoms with Crippen molar-refractivity contribution in [3.05, 3.63) is 0 Å². The fourth-order valence-corrected chi connectivity index (χ4v) is 0.167. The highest BCUT2D eigenvalue weighted by atomic mass is 17.2. The first-order valence-electron chi connectivity index (χ1n) is 2.16. The summed E-state index contributed by atoms with van der Waals surface area (Å²) in [6.07, 6.45) is 0.0205. The molecule has 7 heavy (non-hydrogen) atoms. The third kappa shape index (κ3) is 5.88. The molecular weight excluding hydrogens is 96.0 g/mol. The first-order chi connectivity index (χ1) is 3.27. The molecule has 0 atom stereocenters. The van der Waals surface area contributed by atoms with Gasteiger partial charge in [-0.25, -0.2) is 9.78 Å². The fraction of sp³-hybridized carbons (Fsp3) is 1.00. The smallest absolute Gasteiger partial charge is 0.178 e. The van der Waals surface area contributed by atoms with Crippen molar-refractivity contribution in [3.63, 3.8) is 0 Å². The van der Waals surface area contributed by atoms with Crippen LogP contribution in [0.3, 0.4) is 0 Å². The molecule has 0 saturated carbocycles. The lowest BCUT2D eigenvalue weighted by Gasteiger charge is -2.01. The zero-order valence-corrected chi connectivity index (χ0v) is 4.55. The molecule has 44 valence electrons. The fourth-order valence-electron chi connectivity index (χ4n) is 0.167. The molecule has 0 aromatic rings. The largest absolute Gasteiger partial charge is 0.368 e. The monoisotopic (exact) mass is 106 g/mol. The predicted molar refractivity (Wildman–Crippen MR) is 24.4 cm³/mol. The number of hydrogen-bond donors (Lipinski definition) is 1. The van der Waals surface area contributed by atoms with E-state index in [9.17, 15) is 0 Å². The molecule has 3 nitrogen and oxygen atoms in total. The normalized spacial score (nSPS) is 10.3. The quantitative estimate of drug-likeness (QED) is 0.319. The molecule has 0 spiro atoms. The SMILES string of the molecule is CC(C)OOCO. The van der Waals surface area contributed by atoms with Crippen LogP contribution in [-0.4, -0.2) is 18.0 Å². The van der Waals surface area contributed by atoms with Crippen LogP contribution in [0.2, 0.25) is 0 Å². The summed E-state index contributed by atoms with van der Waals surface area (Å²) in [5, 5.41) is 7.97. The molecule has 0 amide bonds. The first-order valence-corrected chi connectivity index (χ1v) is 2.16. The molecule has 0 aromatic carbocycles. The average Bonchev–Trinajstić information content (AvgIpc) is 1.61. The van der Waals surface area contributed by atoms with E-state index in [0.29, 0.717) is 0 Å². The van der Waals surface area contributed by atoms with Crippen LogP contribution in [0.5, 0.6) is 0 Å². The van der Waals surface area contributed by atoms with E-state index in [-0.39, 0.29) is 12.9 Å². The van der Waals surface area contributed by atoms with Gasteiger partial charge >= 0.3 is 0 Å². The van der Waals surface area contributed by atoms with Crippen LogP contribution in [0.15, 0.2) is 0 Å². The van der Waals surface area contributed by atoms with E-state index in [1.165, 1.54) is 0 Å². The minimum Gasteiger partial charge on any atom is -0.368 e. The summed E-state index contributed by atoms with van der Waals surface area (Å²) in [5.74, 6) is 0. The van der Waals surface area contributed by atoms with Gasteiger partial charge in [0, 0.05) is 0 Å². The molecule has 0 aromatic heterocycles. The molecule has 0 aliphatic carbocycles. The van der Waals surface area contributed by atoms with Crippen LogP contribution in [-0.2, 0) is 9.78 Å². The van der Waals surface area contributed by atoms with Gasteiger partial charge in [-0.2, -0.15) is 0 Å². The number of rotatable bonds is 3. The van der Waals surface area contributed by atoms with Crippen LogP contribution in [0.1, 0.15) is 13.8 Å². The van der Waals surface area contributed by atoms with Crippen LogP contribution < -0.4 is 0 Å². The molecule has 3 heteroatoms. The molecule has 0 aliphatic heterocycles. The Hall–Kier alpha value is -0.120. The third-order valence-electron chi connectivity index (χ3n) is 0.313. The lowest BCUT2D eigenvalue weighted by Crippen LogP contribution is -2.03. The standard InChI is InChI=1S/C4H10O3/c1-4(2)7-6-3-5/h4-5H,3H2,1-2H3. The van der Waals surface area contributed by atoms with Crippen molar-refractivity contribution >= 4 is 0 Å². The predicted octanol–water partition coefficient (Wildman–Crippen LogP) is 0.293. The Bertz CT molecular complexity index is 35.9. The topological polar surface area (TPSA) is 38.7 Å². The van der Waals surface area contributed by atoms with Crippen molar-refractivity contribution in [2.75, 3.05) is 6.79 Å². The van der Waals surface area contributed by atoms with Crippen molar-refractivity contribution in [2.45, 2.75) is 20.0 Å². The summed E-state index contributed by atoms with van der Waals surface area (Å²) in [6, 6.07) is 0. The van der Waals surface area contributed by atoms with Crippen molar-refractivity contribution in [1.29, 1.82) is 0 Å². The highest BCUT2D eigenvalue weighted by Crippen LogP contribution is 1.85. The minimum absolute atomic E-state index is 0.0205. The van der Waals surface area contributed by atoms with Crippen LogP contribution in [0.25, 0.3) is 0 Å². The van der Waals surface area contributed by atoms with E-state index < -0.39 is 0 Å². The Balaban J connectivity index is 2.68. The molecule has 0 bridgehead atoms. The maximum absolute atomic E-state index is 7.97. The highest BCUT2D eigenvalue weighted by Gasteiger charge is 1.88. The van der Waals surface area contributed by atoms with Gasteiger partial charge in [-0.05, 0) is 13.8 Å². The Morgan fingerprint density at radius 1 is 1.57 bits per heavy atom. The van der Waals surface area contributed by atoms with Crippen LogP contribution in [0.4, 0.5) is 0 Å². The summed E-state index contributed by atoms with van der Waals surface area (Å²) in [6.45, 7) is 3.25. The average molecular weight is 106 g/mol. The van der Waals surface area contributed by atoms with E-state index >= 15 is 0 Å². The molecule has 0 aliphatic rings. The molecule has 0 heterocycles. The van der Waals surface area contributed by atoms with Gasteiger partial charge in [0.15, 0.2) is 6.79 Å². The molecule has 0 radical (unpaired) electrons. The third-order valence-corrected chi connectivity index (χ3v) is 0.313. The Morgan fingerprint density at radius 2 is 2.14 bits per heavy atom. The van der Waals surface area contributed by atoms with E-state index in [4.69, 9.17) is 5.11 Å². The molecule has 0 saturated heterocycles. The van der Waals surface area contributed by atoms with E-state index in [2.05, 4.69) is 9.78 Å². The van der Waals surface area contributed by atoms with Gasteiger partial charge in [0.2, 0.25) is 0 Å². The van der Waals surface area contributed by atoms with Gasteiger partial charge in [0.25, 0.3) is 0 Å². The summed E-state index contributed by atoms with van der Waals surface area (Å²) in [4.78, 5) is 8.59.